The minimum Gasteiger partial charge on any atom is -0.377 e. The van der Waals surface area contributed by atoms with Crippen LogP contribution < -0.4 is 0 Å². The van der Waals surface area contributed by atoms with Crippen LogP contribution in [0.3, 0.4) is 0 Å². The maximum atomic E-state index is 5.73. The first kappa shape index (κ1) is 15.3. The minimum absolute atomic E-state index is 0.450. The van der Waals surface area contributed by atoms with E-state index in [1.54, 1.807) is 11.3 Å². The second-order valence-corrected chi connectivity index (χ2v) is 7.15. The molecule has 2 aliphatic rings. The number of aromatic nitrogens is 2. The summed E-state index contributed by atoms with van der Waals surface area (Å²) < 4.78 is 11.1. The van der Waals surface area contributed by atoms with Crippen LogP contribution in [0.1, 0.15) is 18.7 Å². The van der Waals surface area contributed by atoms with E-state index in [1.165, 1.54) is 12.8 Å². The van der Waals surface area contributed by atoms with Crippen molar-refractivity contribution in [3.63, 3.8) is 0 Å². The van der Waals surface area contributed by atoms with Gasteiger partial charge >= 0.3 is 0 Å². The molecule has 2 aliphatic heterocycles. The lowest BCUT2D eigenvalue weighted by Gasteiger charge is -2.34. The van der Waals surface area contributed by atoms with Crippen LogP contribution in [-0.4, -0.2) is 65.4 Å². The third-order valence-corrected chi connectivity index (χ3v) is 5.39. The molecule has 0 aliphatic carbocycles. The van der Waals surface area contributed by atoms with Gasteiger partial charge in [-0.15, -0.1) is 11.3 Å². The SMILES string of the molecule is c1csc(-c2noc(CN3CCN(C[C@@H]4CCCO4)CC3)n2)c1. The van der Waals surface area contributed by atoms with Gasteiger partial charge in [-0.25, -0.2) is 0 Å². The Morgan fingerprint density at radius 1 is 1.22 bits per heavy atom. The fourth-order valence-corrected chi connectivity index (χ4v) is 3.87. The number of piperazine rings is 1. The van der Waals surface area contributed by atoms with Crippen molar-refractivity contribution >= 4 is 11.3 Å². The molecule has 2 aromatic heterocycles. The number of thiophene rings is 1. The Hall–Kier alpha value is -1.28. The Morgan fingerprint density at radius 3 is 2.83 bits per heavy atom. The highest BCUT2D eigenvalue weighted by Crippen LogP contribution is 2.22. The predicted molar refractivity (Wildman–Crippen MR) is 88.3 cm³/mol. The molecule has 0 spiro atoms. The summed E-state index contributed by atoms with van der Waals surface area (Å²) in [5.74, 6) is 1.41. The number of nitrogens with zero attached hydrogens (tertiary/aromatic N) is 4. The molecule has 0 N–H and O–H groups in total. The maximum Gasteiger partial charge on any atom is 0.241 e. The van der Waals surface area contributed by atoms with Gasteiger partial charge in [-0.05, 0) is 24.3 Å². The predicted octanol–water partition coefficient (Wildman–Crippen LogP) is 2.09. The topological polar surface area (TPSA) is 54.6 Å². The molecule has 2 fully saturated rings. The van der Waals surface area contributed by atoms with Crippen molar-refractivity contribution in [2.45, 2.75) is 25.5 Å². The van der Waals surface area contributed by atoms with E-state index in [2.05, 4.69) is 19.9 Å². The fraction of sp³-hybridized carbons (Fsp3) is 0.625. The van der Waals surface area contributed by atoms with E-state index in [9.17, 15) is 0 Å². The van der Waals surface area contributed by atoms with Gasteiger partial charge in [-0.3, -0.25) is 9.80 Å². The highest BCUT2D eigenvalue weighted by atomic mass is 32.1. The van der Waals surface area contributed by atoms with Crippen molar-refractivity contribution in [3.8, 4) is 10.7 Å². The van der Waals surface area contributed by atoms with E-state index in [0.717, 1.165) is 50.8 Å². The lowest BCUT2D eigenvalue weighted by molar-refractivity contribution is 0.0468. The molecule has 0 bridgehead atoms. The summed E-state index contributed by atoms with van der Waals surface area (Å²) in [6, 6.07) is 4.02. The first-order valence-electron chi connectivity index (χ1n) is 8.29. The molecule has 4 heterocycles. The maximum absolute atomic E-state index is 5.73. The normalized spacial score (nSPS) is 23.6. The highest BCUT2D eigenvalue weighted by molar-refractivity contribution is 7.13. The second-order valence-electron chi connectivity index (χ2n) is 6.20. The van der Waals surface area contributed by atoms with Gasteiger partial charge in [0, 0.05) is 39.3 Å². The third kappa shape index (κ3) is 3.80. The molecule has 23 heavy (non-hydrogen) atoms. The summed E-state index contributed by atoms with van der Waals surface area (Å²) in [5.41, 5.74) is 0. The Morgan fingerprint density at radius 2 is 2.09 bits per heavy atom. The molecule has 2 saturated heterocycles. The molecule has 0 aromatic carbocycles. The highest BCUT2D eigenvalue weighted by Gasteiger charge is 2.23. The smallest absolute Gasteiger partial charge is 0.241 e. The number of rotatable bonds is 5. The van der Waals surface area contributed by atoms with Gasteiger partial charge in [0.15, 0.2) is 0 Å². The summed E-state index contributed by atoms with van der Waals surface area (Å²) in [6.07, 6.45) is 2.88. The van der Waals surface area contributed by atoms with E-state index in [1.807, 2.05) is 17.5 Å². The molecule has 4 rings (SSSR count). The van der Waals surface area contributed by atoms with Crippen LogP contribution in [0.5, 0.6) is 0 Å². The Balaban J connectivity index is 1.26. The molecule has 1 atom stereocenters. The summed E-state index contributed by atoms with van der Waals surface area (Å²) in [5, 5.41) is 6.10. The number of hydrogen-bond acceptors (Lipinski definition) is 7. The molecule has 0 saturated carbocycles. The van der Waals surface area contributed by atoms with Gasteiger partial charge in [-0.2, -0.15) is 4.98 Å². The summed E-state index contributed by atoms with van der Waals surface area (Å²) in [6.45, 7) is 7.03. The summed E-state index contributed by atoms with van der Waals surface area (Å²) >= 11 is 1.63. The van der Waals surface area contributed by atoms with Gasteiger partial charge < -0.3 is 9.26 Å². The van der Waals surface area contributed by atoms with Crippen LogP contribution in [-0.2, 0) is 11.3 Å². The van der Waals surface area contributed by atoms with Crippen LogP contribution in [0.4, 0.5) is 0 Å². The molecule has 0 amide bonds. The molecular weight excluding hydrogens is 312 g/mol. The Bertz CT molecular complexity index is 601. The third-order valence-electron chi connectivity index (χ3n) is 4.52. The zero-order chi connectivity index (χ0) is 15.5. The van der Waals surface area contributed by atoms with Crippen molar-refractivity contribution in [2.24, 2.45) is 0 Å². The van der Waals surface area contributed by atoms with Crippen LogP contribution in [0.25, 0.3) is 10.7 Å². The van der Waals surface area contributed by atoms with Crippen LogP contribution in [0.15, 0.2) is 22.0 Å². The first-order valence-corrected chi connectivity index (χ1v) is 9.17. The molecule has 0 unspecified atom stereocenters. The standard InChI is InChI=1S/C16H22N4O2S/c1-3-13(21-9-1)11-19-5-7-20(8-6-19)12-15-17-16(18-22-15)14-4-2-10-23-14/h2,4,10,13H,1,3,5-9,11-12H2/t13-/m0/s1. The van der Waals surface area contributed by atoms with Gasteiger partial charge in [0.25, 0.3) is 0 Å². The summed E-state index contributed by atoms with van der Waals surface area (Å²) in [7, 11) is 0. The van der Waals surface area contributed by atoms with Gasteiger partial charge in [-0.1, -0.05) is 11.2 Å². The van der Waals surface area contributed by atoms with Gasteiger partial charge in [0.1, 0.15) is 0 Å². The van der Waals surface area contributed by atoms with E-state index >= 15 is 0 Å². The fourth-order valence-electron chi connectivity index (χ4n) is 3.22. The zero-order valence-corrected chi connectivity index (χ0v) is 14.0. The number of ether oxygens (including phenoxy) is 1. The second kappa shape index (κ2) is 7.09. The number of hydrogen-bond donors (Lipinski definition) is 0. The molecule has 124 valence electrons. The monoisotopic (exact) mass is 334 g/mol. The average Bonchev–Trinajstić information content (AvgIpc) is 3.31. The zero-order valence-electron chi connectivity index (χ0n) is 13.2. The largest absolute Gasteiger partial charge is 0.377 e. The molecule has 6 nitrogen and oxygen atoms in total. The van der Waals surface area contributed by atoms with E-state index in [4.69, 9.17) is 9.26 Å². The molecular formula is C16H22N4O2S. The van der Waals surface area contributed by atoms with Crippen LogP contribution >= 0.6 is 11.3 Å². The van der Waals surface area contributed by atoms with E-state index in [0.29, 0.717) is 17.8 Å². The Kier molecular flexibility index (Phi) is 4.70. The van der Waals surface area contributed by atoms with Crippen molar-refractivity contribution in [2.75, 3.05) is 39.3 Å². The van der Waals surface area contributed by atoms with Crippen molar-refractivity contribution < 1.29 is 9.26 Å². The Labute approximate surface area is 140 Å². The molecule has 7 heteroatoms. The van der Waals surface area contributed by atoms with Gasteiger partial charge in [0.2, 0.25) is 11.7 Å². The summed E-state index contributed by atoms with van der Waals surface area (Å²) in [4.78, 5) is 10.5. The first-order chi connectivity index (χ1) is 11.4. The minimum atomic E-state index is 0.450. The van der Waals surface area contributed by atoms with Crippen molar-refractivity contribution in [3.05, 3.63) is 23.4 Å². The lowest BCUT2D eigenvalue weighted by Crippen LogP contribution is -2.48. The molecule has 0 radical (unpaired) electrons. The van der Waals surface area contributed by atoms with Crippen LogP contribution in [0, 0.1) is 0 Å². The van der Waals surface area contributed by atoms with Crippen LogP contribution in [0.2, 0.25) is 0 Å². The average molecular weight is 334 g/mol. The van der Waals surface area contributed by atoms with Gasteiger partial charge in [0.05, 0.1) is 17.5 Å². The van der Waals surface area contributed by atoms with E-state index in [-0.39, 0.29) is 0 Å². The van der Waals surface area contributed by atoms with Crippen molar-refractivity contribution in [1.29, 1.82) is 0 Å². The van der Waals surface area contributed by atoms with Crippen molar-refractivity contribution in [1.82, 2.24) is 19.9 Å². The quantitative estimate of drug-likeness (QED) is 0.835. The lowest BCUT2D eigenvalue weighted by atomic mass is 10.2. The molecule has 2 aromatic rings. The van der Waals surface area contributed by atoms with E-state index < -0.39 is 0 Å².